The van der Waals surface area contributed by atoms with Gasteiger partial charge in [-0.1, -0.05) is 0 Å². The number of nitrogens with one attached hydrogen (secondary N) is 1. The number of methoxy groups -OCH3 is 2. The van der Waals surface area contributed by atoms with Crippen molar-refractivity contribution < 1.29 is 19.0 Å². The van der Waals surface area contributed by atoms with Crippen LogP contribution in [0.25, 0.3) is 6.08 Å². The summed E-state index contributed by atoms with van der Waals surface area (Å²) < 4.78 is 15.9. The van der Waals surface area contributed by atoms with Gasteiger partial charge in [-0.15, -0.1) is 0 Å². The van der Waals surface area contributed by atoms with Crippen molar-refractivity contribution >= 4 is 12.0 Å². The fourth-order valence-corrected chi connectivity index (χ4v) is 2.21. The van der Waals surface area contributed by atoms with Gasteiger partial charge in [-0.2, -0.15) is 0 Å². The molecule has 5 heteroatoms. The molecule has 1 fully saturated rings. The van der Waals surface area contributed by atoms with Gasteiger partial charge in [0.05, 0.1) is 20.3 Å². The van der Waals surface area contributed by atoms with E-state index in [0.717, 1.165) is 30.8 Å². The van der Waals surface area contributed by atoms with Crippen molar-refractivity contribution in [3.63, 3.8) is 0 Å². The Morgan fingerprint density at radius 3 is 2.95 bits per heavy atom. The third kappa shape index (κ3) is 4.49. The quantitative estimate of drug-likeness (QED) is 0.815. The lowest BCUT2D eigenvalue weighted by atomic mass is 10.1. The van der Waals surface area contributed by atoms with E-state index in [1.54, 1.807) is 20.3 Å². The van der Waals surface area contributed by atoms with Crippen LogP contribution in [0, 0.1) is 0 Å². The van der Waals surface area contributed by atoms with Gasteiger partial charge in [0.1, 0.15) is 11.5 Å². The summed E-state index contributed by atoms with van der Waals surface area (Å²) in [5.74, 6) is 1.27. The Bertz CT molecular complexity index is 507. The summed E-state index contributed by atoms with van der Waals surface area (Å²) in [5.41, 5.74) is 0.795. The van der Waals surface area contributed by atoms with E-state index in [4.69, 9.17) is 14.2 Å². The minimum absolute atomic E-state index is 0.143. The van der Waals surface area contributed by atoms with Crippen LogP contribution in [-0.2, 0) is 9.53 Å². The Labute approximate surface area is 124 Å². The molecule has 1 heterocycles. The van der Waals surface area contributed by atoms with E-state index in [1.165, 1.54) is 6.08 Å². The highest BCUT2D eigenvalue weighted by molar-refractivity contribution is 5.92. The first-order valence-corrected chi connectivity index (χ1v) is 7.02. The molecule has 0 aliphatic carbocycles. The van der Waals surface area contributed by atoms with E-state index < -0.39 is 0 Å². The Morgan fingerprint density at radius 2 is 2.29 bits per heavy atom. The lowest BCUT2D eigenvalue weighted by Crippen LogP contribution is -2.30. The van der Waals surface area contributed by atoms with Crippen molar-refractivity contribution in [3.05, 3.63) is 29.8 Å². The number of hydrogen-bond donors (Lipinski definition) is 1. The van der Waals surface area contributed by atoms with Crippen molar-refractivity contribution in [2.45, 2.75) is 18.9 Å². The van der Waals surface area contributed by atoms with Gasteiger partial charge < -0.3 is 19.5 Å². The Morgan fingerprint density at radius 1 is 1.43 bits per heavy atom. The molecule has 1 aromatic carbocycles. The molecule has 114 valence electrons. The molecule has 0 unspecified atom stereocenters. The maximum atomic E-state index is 11.8. The molecule has 1 atom stereocenters. The summed E-state index contributed by atoms with van der Waals surface area (Å²) in [4.78, 5) is 11.8. The molecule has 0 radical (unpaired) electrons. The minimum Gasteiger partial charge on any atom is -0.497 e. The largest absolute Gasteiger partial charge is 0.497 e. The summed E-state index contributed by atoms with van der Waals surface area (Å²) in [6.45, 7) is 1.34. The molecule has 2 rings (SSSR count). The first-order valence-electron chi connectivity index (χ1n) is 7.02. The number of amides is 1. The zero-order valence-corrected chi connectivity index (χ0v) is 12.4. The number of hydrogen-bond acceptors (Lipinski definition) is 4. The summed E-state index contributed by atoms with van der Waals surface area (Å²) in [6, 6.07) is 5.44. The molecule has 1 aliphatic rings. The third-order valence-electron chi connectivity index (χ3n) is 3.38. The van der Waals surface area contributed by atoms with Crippen LogP contribution in [0.1, 0.15) is 18.4 Å². The second kappa shape index (κ2) is 7.69. The van der Waals surface area contributed by atoms with Gasteiger partial charge in [-0.25, -0.2) is 0 Å². The number of ether oxygens (including phenoxy) is 3. The zero-order valence-electron chi connectivity index (χ0n) is 12.4. The maximum absolute atomic E-state index is 11.8. The normalized spacial score (nSPS) is 17.9. The predicted octanol–water partition coefficient (Wildman–Crippen LogP) is 2.01. The monoisotopic (exact) mass is 291 g/mol. The summed E-state index contributed by atoms with van der Waals surface area (Å²) >= 11 is 0. The van der Waals surface area contributed by atoms with Crippen LogP contribution in [0.4, 0.5) is 0 Å². The molecular formula is C16H21NO4. The van der Waals surface area contributed by atoms with E-state index in [-0.39, 0.29) is 12.0 Å². The van der Waals surface area contributed by atoms with Gasteiger partial charge in [0.2, 0.25) is 5.91 Å². The third-order valence-corrected chi connectivity index (χ3v) is 3.38. The molecular weight excluding hydrogens is 270 g/mol. The van der Waals surface area contributed by atoms with E-state index >= 15 is 0 Å². The molecule has 0 bridgehead atoms. The van der Waals surface area contributed by atoms with Gasteiger partial charge in [-0.3, -0.25) is 4.79 Å². The molecule has 1 aliphatic heterocycles. The molecule has 1 N–H and O–H groups in total. The van der Waals surface area contributed by atoms with Gasteiger partial charge in [0.25, 0.3) is 0 Å². The standard InChI is InChI=1S/C16H21NO4/c1-19-13-6-7-15(20-2)12(10-13)5-8-16(18)17-11-14-4-3-9-21-14/h5-8,10,14H,3-4,9,11H2,1-2H3,(H,17,18)/b8-5+/t14-/m1/s1. The fourth-order valence-electron chi connectivity index (χ4n) is 2.21. The van der Waals surface area contributed by atoms with E-state index in [1.807, 2.05) is 18.2 Å². The first kappa shape index (κ1) is 15.4. The number of benzene rings is 1. The SMILES string of the molecule is COc1ccc(OC)c(/C=C/C(=O)NC[C@H]2CCCO2)c1. The molecule has 0 spiro atoms. The van der Waals surface area contributed by atoms with Crippen LogP contribution in [0.15, 0.2) is 24.3 Å². The van der Waals surface area contributed by atoms with Crippen molar-refractivity contribution in [2.75, 3.05) is 27.4 Å². The molecule has 1 aromatic rings. The van der Waals surface area contributed by atoms with Crippen LogP contribution in [-0.4, -0.2) is 39.4 Å². The summed E-state index contributed by atoms with van der Waals surface area (Å²) in [5, 5.41) is 2.84. The number of carbonyl (C=O) groups excluding carboxylic acids is 1. The van der Waals surface area contributed by atoms with E-state index in [2.05, 4.69) is 5.32 Å². The lowest BCUT2D eigenvalue weighted by Gasteiger charge is -2.09. The van der Waals surface area contributed by atoms with Gasteiger partial charge >= 0.3 is 0 Å². The lowest BCUT2D eigenvalue weighted by molar-refractivity contribution is -0.116. The smallest absolute Gasteiger partial charge is 0.244 e. The van der Waals surface area contributed by atoms with E-state index in [9.17, 15) is 4.79 Å². The van der Waals surface area contributed by atoms with Crippen LogP contribution >= 0.6 is 0 Å². The highest BCUT2D eigenvalue weighted by Crippen LogP contribution is 2.24. The Kier molecular flexibility index (Phi) is 5.63. The minimum atomic E-state index is -0.143. The first-order chi connectivity index (χ1) is 10.2. The van der Waals surface area contributed by atoms with Crippen LogP contribution < -0.4 is 14.8 Å². The number of carbonyl (C=O) groups is 1. The highest BCUT2D eigenvalue weighted by atomic mass is 16.5. The predicted molar refractivity (Wildman–Crippen MR) is 80.6 cm³/mol. The zero-order chi connectivity index (χ0) is 15.1. The Balaban J connectivity index is 1.94. The molecule has 5 nitrogen and oxygen atoms in total. The van der Waals surface area contributed by atoms with Crippen molar-refractivity contribution in [1.82, 2.24) is 5.32 Å². The molecule has 1 amide bonds. The van der Waals surface area contributed by atoms with Crippen LogP contribution in [0.5, 0.6) is 11.5 Å². The molecule has 0 saturated carbocycles. The van der Waals surface area contributed by atoms with Gasteiger partial charge in [-0.05, 0) is 37.1 Å². The second-order valence-electron chi connectivity index (χ2n) is 4.82. The fraction of sp³-hybridized carbons (Fsp3) is 0.438. The average Bonchev–Trinajstić information content (AvgIpc) is 3.04. The topological polar surface area (TPSA) is 56.8 Å². The van der Waals surface area contributed by atoms with Crippen molar-refractivity contribution in [2.24, 2.45) is 0 Å². The van der Waals surface area contributed by atoms with E-state index in [0.29, 0.717) is 12.3 Å². The van der Waals surface area contributed by atoms with Gasteiger partial charge in [0.15, 0.2) is 0 Å². The maximum Gasteiger partial charge on any atom is 0.244 e. The molecule has 1 saturated heterocycles. The summed E-state index contributed by atoms with van der Waals surface area (Å²) in [6.07, 6.45) is 5.43. The average molecular weight is 291 g/mol. The van der Waals surface area contributed by atoms with Crippen LogP contribution in [0.3, 0.4) is 0 Å². The van der Waals surface area contributed by atoms with Crippen LogP contribution in [0.2, 0.25) is 0 Å². The highest BCUT2D eigenvalue weighted by Gasteiger charge is 2.15. The van der Waals surface area contributed by atoms with Crippen molar-refractivity contribution in [1.29, 1.82) is 0 Å². The second-order valence-corrected chi connectivity index (χ2v) is 4.82. The molecule has 21 heavy (non-hydrogen) atoms. The van der Waals surface area contributed by atoms with Crippen molar-refractivity contribution in [3.8, 4) is 11.5 Å². The summed E-state index contributed by atoms with van der Waals surface area (Å²) in [7, 11) is 3.19. The Hall–Kier alpha value is -2.01. The molecule has 0 aromatic heterocycles. The number of rotatable bonds is 6. The van der Waals surface area contributed by atoms with Gasteiger partial charge in [0, 0.05) is 24.8 Å².